The van der Waals surface area contributed by atoms with E-state index in [1.165, 1.54) is 5.69 Å². The molecule has 6 rings (SSSR count). The number of nitrogens with one attached hydrogen (secondary N) is 1. The highest BCUT2D eigenvalue weighted by molar-refractivity contribution is 6.13. The van der Waals surface area contributed by atoms with Crippen LogP contribution in [-0.2, 0) is 19.4 Å². The minimum Gasteiger partial charge on any atom is -0.337 e. The minimum atomic E-state index is -0.294. The van der Waals surface area contributed by atoms with Gasteiger partial charge in [0, 0.05) is 36.7 Å². The number of fused-ring (bicyclic) bond motifs is 4. The van der Waals surface area contributed by atoms with Crippen molar-refractivity contribution in [3.8, 4) is 11.3 Å². The van der Waals surface area contributed by atoms with E-state index in [1.54, 1.807) is 18.0 Å². The molecule has 33 heavy (non-hydrogen) atoms. The lowest BCUT2D eigenvalue weighted by Crippen LogP contribution is -2.21. The number of rotatable bonds is 3. The van der Waals surface area contributed by atoms with Crippen LogP contribution in [0.25, 0.3) is 17.0 Å². The first-order valence-electron chi connectivity index (χ1n) is 11.1. The van der Waals surface area contributed by atoms with Gasteiger partial charge in [-0.05, 0) is 49.4 Å². The molecule has 4 aromatic rings. The van der Waals surface area contributed by atoms with Gasteiger partial charge in [-0.1, -0.05) is 24.3 Å². The van der Waals surface area contributed by atoms with E-state index in [4.69, 9.17) is 0 Å². The number of aryl methyl sites for hydroxylation is 2. The molecule has 0 unspecified atom stereocenters. The van der Waals surface area contributed by atoms with Crippen LogP contribution in [0.15, 0.2) is 48.7 Å². The highest BCUT2D eigenvalue weighted by Crippen LogP contribution is 2.27. The first-order valence-corrected chi connectivity index (χ1v) is 11.1. The van der Waals surface area contributed by atoms with Gasteiger partial charge in [-0.3, -0.25) is 14.0 Å². The third-order valence-corrected chi connectivity index (χ3v) is 6.45. The number of carbonyl (C=O) groups is 2. The molecule has 0 spiro atoms. The number of carbonyl (C=O) groups excluding carboxylic acids is 2. The van der Waals surface area contributed by atoms with Crippen molar-refractivity contribution in [3.05, 3.63) is 76.7 Å². The van der Waals surface area contributed by atoms with Gasteiger partial charge in [0.25, 0.3) is 17.6 Å². The molecule has 3 heterocycles. The number of hydrogen-bond acceptors (Lipinski definition) is 5. The summed E-state index contributed by atoms with van der Waals surface area (Å²) >= 11 is 0. The number of nitrogens with zero attached hydrogens (tertiary/aromatic N) is 5. The van der Waals surface area contributed by atoms with Crippen LogP contribution in [0, 0.1) is 0 Å². The van der Waals surface area contributed by atoms with E-state index in [1.807, 2.05) is 42.6 Å². The Hall–Kier alpha value is -4.07. The second kappa shape index (κ2) is 7.51. The molecule has 1 N–H and O–H groups in total. The smallest absolute Gasteiger partial charge is 0.256 e. The number of hydrogen-bond donors (Lipinski definition) is 1. The summed E-state index contributed by atoms with van der Waals surface area (Å²) in [6.07, 6.45) is 6.27. The molecule has 2 amide bonds. The van der Waals surface area contributed by atoms with Crippen LogP contribution in [0.4, 0.5) is 5.69 Å². The lowest BCUT2D eigenvalue weighted by atomic mass is 10.0. The van der Waals surface area contributed by atoms with Crippen LogP contribution in [0.5, 0.6) is 0 Å². The summed E-state index contributed by atoms with van der Waals surface area (Å²) in [5.74, 6) is 0.191. The van der Waals surface area contributed by atoms with Gasteiger partial charge in [0.2, 0.25) is 0 Å². The molecule has 1 aliphatic heterocycles. The van der Waals surface area contributed by atoms with Crippen molar-refractivity contribution in [1.82, 2.24) is 24.5 Å². The van der Waals surface area contributed by atoms with Gasteiger partial charge < -0.3 is 10.2 Å². The summed E-state index contributed by atoms with van der Waals surface area (Å²) < 4.78 is 2.05. The molecular formula is C25H22N6O2. The highest BCUT2D eigenvalue weighted by Gasteiger charge is 2.29. The maximum absolute atomic E-state index is 12.9. The summed E-state index contributed by atoms with van der Waals surface area (Å²) in [5.41, 5.74) is 6.43. The molecule has 0 radical (unpaired) electrons. The molecule has 164 valence electrons. The van der Waals surface area contributed by atoms with Crippen LogP contribution >= 0.6 is 0 Å². The van der Waals surface area contributed by atoms with Crippen molar-refractivity contribution in [1.29, 1.82) is 0 Å². The topological polar surface area (TPSA) is 92.5 Å². The van der Waals surface area contributed by atoms with E-state index in [9.17, 15) is 9.59 Å². The van der Waals surface area contributed by atoms with Gasteiger partial charge in [0.1, 0.15) is 0 Å². The standard InChI is InChI=1S/C25H22N6O2/c1-30-13-16-5-4-6-18(22(16)24(30)33)23(32)26-17-11-9-15(10-12-17)20-14-31-21-8-3-2-7-19(21)28-29-25(31)27-20/h4-6,9-12,14H,2-3,7-8,13H2,1H3,(H,26,32). The van der Waals surface area contributed by atoms with Gasteiger partial charge in [0.15, 0.2) is 0 Å². The van der Waals surface area contributed by atoms with Crippen molar-refractivity contribution in [2.24, 2.45) is 0 Å². The molecule has 0 saturated heterocycles. The fourth-order valence-electron chi connectivity index (χ4n) is 4.74. The van der Waals surface area contributed by atoms with E-state index >= 15 is 0 Å². The molecule has 1 aliphatic carbocycles. The Kier molecular flexibility index (Phi) is 4.46. The quantitative estimate of drug-likeness (QED) is 0.528. The second-order valence-corrected chi connectivity index (χ2v) is 8.63. The SMILES string of the molecule is CN1Cc2cccc(C(=O)Nc3ccc(-c4cn5c6c(nnc5n4)CCCC6)cc3)c2C1=O. The molecule has 0 atom stereocenters. The maximum atomic E-state index is 12.9. The fourth-order valence-corrected chi connectivity index (χ4v) is 4.74. The Morgan fingerprint density at radius 1 is 1.03 bits per heavy atom. The predicted molar refractivity (Wildman–Crippen MR) is 123 cm³/mol. The van der Waals surface area contributed by atoms with Crippen molar-refractivity contribution in [2.45, 2.75) is 32.2 Å². The Bertz CT molecular complexity index is 1420. The van der Waals surface area contributed by atoms with E-state index in [-0.39, 0.29) is 11.8 Å². The van der Waals surface area contributed by atoms with E-state index < -0.39 is 0 Å². The van der Waals surface area contributed by atoms with Crippen LogP contribution in [0.1, 0.15) is 50.5 Å². The Labute approximate surface area is 190 Å². The zero-order valence-corrected chi connectivity index (χ0v) is 18.2. The molecule has 2 aliphatic rings. The number of anilines is 1. The molecule has 8 heteroatoms. The fraction of sp³-hybridized carbons (Fsp3) is 0.240. The minimum absolute atomic E-state index is 0.122. The van der Waals surface area contributed by atoms with Crippen LogP contribution in [-0.4, -0.2) is 43.3 Å². The van der Waals surface area contributed by atoms with Crippen molar-refractivity contribution >= 4 is 23.3 Å². The molecule has 2 aromatic carbocycles. The zero-order chi connectivity index (χ0) is 22.5. The summed E-state index contributed by atoms with van der Waals surface area (Å²) in [7, 11) is 1.74. The van der Waals surface area contributed by atoms with Crippen LogP contribution in [0.3, 0.4) is 0 Å². The molecule has 0 saturated carbocycles. The average molecular weight is 438 g/mol. The summed E-state index contributed by atoms with van der Waals surface area (Å²) in [6, 6.07) is 12.9. The lowest BCUT2D eigenvalue weighted by Gasteiger charge is -2.14. The van der Waals surface area contributed by atoms with Crippen LogP contribution in [0.2, 0.25) is 0 Å². The number of benzene rings is 2. The third kappa shape index (κ3) is 3.26. The first kappa shape index (κ1) is 19.6. The summed E-state index contributed by atoms with van der Waals surface area (Å²) in [5, 5.41) is 11.6. The maximum Gasteiger partial charge on any atom is 0.256 e. The van der Waals surface area contributed by atoms with E-state index in [2.05, 4.69) is 24.9 Å². The Balaban J connectivity index is 1.25. The van der Waals surface area contributed by atoms with Crippen molar-refractivity contribution < 1.29 is 9.59 Å². The van der Waals surface area contributed by atoms with Gasteiger partial charge in [-0.15, -0.1) is 5.10 Å². The summed E-state index contributed by atoms with van der Waals surface area (Å²) in [4.78, 5) is 31.7. The molecule has 8 nitrogen and oxygen atoms in total. The summed E-state index contributed by atoms with van der Waals surface area (Å²) in [6.45, 7) is 0.524. The number of amides is 2. The van der Waals surface area contributed by atoms with Crippen LogP contribution < -0.4 is 5.32 Å². The van der Waals surface area contributed by atoms with Gasteiger partial charge in [-0.25, -0.2) is 4.98 Å². The largest absolute Gasteiger partial charge is 0.337 e. The highest BCUT2D eigenvalue weighted by atomic mass is 16.2. The normalized spacial score (nSPS) is 14.9. The Morgan fingerprint density at radius 3 is 2.70 bits per heavy atom. The Morgan fingerprint density at radius 2 is 1.85 bits per heavy atom. The molecule has 2 aromatic heterocycles. The molecular weight excluding hydrogens is 416 g/mol. The first-order chi connectivity index (χ1) is 16.1. The third-order valence-electron chi connectivity index (χ3n) is 6.45. The second-order valence-electron chi connectivity index (χ2n) is 8.63. The van der Waals surface area contributed by atoms with Gasteiger partial charge in [0.05, 0.1) is 22.5 Å². The van der Waals surface area contributed by atoms with Crippen molar-refractivity contribution in [2.75, 3.05) is 12.4 Å². The predicted octanol–water partition coefficient (Wildman–Crippen LogP) is 3.51. The number of imidazole rings is 1. The molecule has 0 fully saturated rings. The van der Waals surface area contributed by atoms with E-state index in [0.717, 1.165) is 48.2 Å². The van der Waals surface area contributed by atoms with Gasteiger partial charge >= 0.3 is 0 Å². The monoisotopic (exact) mass is 438 g/mol. The number of aromatic nitrogens is 4. The van der Waals surface area contributed by atoms with Gasteiger partial charge in [-0.2, -0.15) is 5.10 Å². The van der Waals surface area contributed by atoms with Crippen molar-refractivity contribution in [3.63, 3.8) is 0 Å². The van der Waals surface area contributed by atoms with E-state index in [0.29, 0.717) is 29.1 Å². The molecule has 0 bridgehead atoms. The average Bonchev–Trinajstić information content (AvgIpc) is 3.40. The lowest BCUT2D eigenvalue weighted by molar-refractivity contribution is 0.0812. The zero-order valence-electron chi connectivity index (χ0n) is 18.2.